The number of hydrogen-bond acceptors (Lipinski definition) is 4. The highest BCUT2D eigenvalue weighted by Crippen LogP contribution is 2.27. The van der Waals surface area contributed by atoms with Crippen molar-refractivity contribution >= 4 is 37.3 Å². The van der Waals surface area contributed by atoms with E-state index in [1.165, 1.54) is 0 Å². The number of hydrogen-bond donors (Lipinski definition) is 1. The van der Waals surface area contributed by atoms with Crippen LogP contribution in [0.15, 0.2) is 51.8 Å². The highest BCUT2D eigenvalue weighted by molar-refractivity contribution is 9.10. The highest BCUT2D eigenvalue weighted by atomic mass is 79.9. The molecule has 1 heterocycles. The maximum Gasteiger partial charge on any atom is 0.263 e. The van der Waals surface area contributed by atoms with Crippen molar-refractivity contribution in [1.29, 1.82) is 0 Å². The summed E-state index contributed by atoms with van der Waals surface area (Å²) in [5, 5.41) is 0. The largest absolute Gasteiger partial charge is 0.378 e. The normalized spacial score (nSPS) is 15.3. The van der Waals surface area contributed by atoms with Crippen LogP contribution in [-0.2, 0) is 14.8 Å². The molecule has 0 unspecified atom stereocenters. The van der Waals surface area contributed by atoms with Gasteiger partial charge in [-0.25, -0.2) is 8.42 Å². The van der Waals surface area contributed by atoms with Crippen molar-refractivity contribution in [1.82, 2.24) is 0 Å². The summed E-state index contributed by atoms with van der Waals surface area (Å²) in [5.41, 5.74) is 2.55. The van der Waals surface area contributed by atoms with Crippen LogP contribution in [0.2, 0.25) is 0 Å². The smallest absolute Gasteiger partial charge is 0.263 e. The molecule has 0 spiro atoms. The SMILES string of the molecule is Cc1cc(N2CCOCC2)ccc1NS(=O)(=O)c1ccccc1Br. The van der Waals surface area contributed by atoms with Crippen LogP contribution in [-0.4, -0.2) is 34.7 Å². The number of benzene rings is 2. The van der Waals surface area contributed by atoms with Crippen molar-refractivity contribution in [3.8, 4) is 0 Å². The molecule has 2 aromatic rings. The second-order valence-corrected chi connectivity index (χ2v) is 8.14. The standard InChI is InChI=1S/C17H19BrN2O3S/c1-13-12-14(20-8-10-23-11-9-20)6-7-16(13)19-24(21,22)17-5-3-2-4-15(17)18/h2-7,12,19H,8-11H2,1H3. The minimum absolute atomic E-state index is 0.224. The minimum Gasteiger partial charge on any atom is -0.378 e. The summed E-state index contributed by atoms with van der Waals surface area (Å²) >= 11 is 3.29. The lowest BCUT2D eigenvalue weighted by Gasteiger charge is -2.29. The van der Waals surface area contributed by atoms with E-state index in [0.29, 0.717) is 10.2 Å². The molecule has 24 heavy (non-hydrogen) atoms. The predicted molar refractivity (Wildman–Crippen MR) is 99.2 cm³/mol. The number of nitrogens with zero attached hydrogens (tertiary/aromatic N) is 1. The van der Waals surface area contributed by atoms with Crippen LogP contribution < -0.4 is 9.62 Å². The van der Waals surface area contributed by atoms with Crippen molar-refractivity contribution in [2.24, 2.45) is 0 Å². The van der Waals surface area contributed by atoms with Gasteiger partial charge in [-0.2, -0.15) is 0 Å². The second-order valence-electron chi connectivity index (χ2n) is 5.63. The van der Waals surface area contributed by atoms with Gasteiger partial charge in [-0.1, -0.05) is 12.1 Å². The van der Waals surface area contributed by atoms with Crippen LogP contribution in [0.3, 0.4) is 0 Å². The van der Waals surface area contributed by atoms with Gasteiger partial charge in [0.2, 0.25) is 0 Å². The van der Waals surface area contributed by atoms with E-state index in [0.717, 1.165) is 37.6 Å². The summed E-state index contributed by atoms with van der Waals surface area (Å²) in [6, 6.07) is 12.5. The third-order valence-electron chi connectivity index (χ3n) is 3.96. The molecule has 0 radical (unpaired) electrons. The maximum absolute atomic E-state index is 12.6. The topological polar surface area (TPSA) is 58.6 Å². The summed E-state index contributed by atoms with van der Waals surface area (Å²) < 4.78 is 33.8. The quantitative estimate of drug-likeness (QED) is 0.838. The number of ether oxygens (including phenoxy) is 1. The van der Waals surface area contributed by atoms with E-state index in [9.17, 15) is 8.42 Å². The van der Waals surface area contributed by atoms with Gasteiger partial charge in [0.05, 0.1) is 18.9 Å². The monoisotopic (exact) mass is 410 g/mol. The first-order chi connectivity index (χ1) is 11.5. The van der Waals surface area contributed by atoms with Gasteiger partial charge in [0.15, 0.2) is 0 Å². The van der Waals surface area contributed by atoms with E-state index in [-0.39, 0.29) is 4.90 Å². The van der Waals surface area contributed by atoms with E-state index >= 15 is 0 Å². The third-order valence-corrected chi connectivity index (χ3v) is 6.33. The molecule has 5 nitrogen and oxygen atoms in total. The molecule has 1 aliphatic rings. The number of morpholine rings is 1. The number of nitrogens with one attached hydrogen (secondary N) is 1. The first-order valence-corrected chi connectivity index (χ1v) is 9.96. The van der Waals surface area contributed by atoms with Crippen molar-refractivity contribution in [2.45, 2.75) is 11.8 Å². The van der Waals surface area contributed by atoms with Gasteiger partial charge in [0, 0.05) is 23.2 Å². The van der Waals surface area contributed by atoms with E-state index < -0.39 is 10.0 Å². The van der Waals surface area contributed by atoms with Crippen LogP contribution in [0.1, 0.15) is 5.56 Å². The first-order valence-electron chi connectivity index (χ1n) is 7.68. The molecule has 0 saturated carbocycles. The third kappa shape index (κ3) is 3.74. The first kappa shape index (κ1) is 17.3. The lowest BCUT2D eigenvalue weighted by Crippen LogP contribution is -2.36. The molecule has 1 N–H and O–H groups in total. The average Bonchev–Trinajstić information content (AvgIpc) is 2.57. The van der Waals surface area contributed by atoms with E-state index in [2.05, 4.69) is 25.6 Å². The van der Waals surface area contributed by atoms with Gasteiger partial charge in [-0.05, 0) is 58.7 Å². The predicted octanol–water partition coefficient (Wildman–Crippen LogP) is 3.39. The zero-order chi connectivity index (χ0) is 17.2. The Morgan fingerprint density at radius 2 is 1.83 bits per heavy atom. The summed E-state index contributed by atoms with van der Waals surface area (Å²) in [5.74, 6) is 0. The highest BCUT2D eigenvalue weighted by Gasteiger charge is 2.19. The maximum atomic E-state index is 12.6. The van der Waals surface area contributed by atoms with Crippen LogP contribution in [0, 0.1) is 6.92 Å². The minimum atomic E-state index is -3.63. The molecule has 0 aromatic heterocycles. The van der Waals surface area contributed by atoms with Crippen LogP contribution in [0.25, 0.3) is 0 Å². The lowest BCUT2D eigenvalue weighted by atomic mass is 10.1. The number of sulfonamides is 1. The number of aryl methyl sites for hydroxylation is 1. The molecule has 2 aromatic carbocycles. The molecule has 0 atom stereocenters. The van der Waals surface area contributed by atoms with Gasteiger partial charge in [0.25, 0.3) is 10.0 Å². The molecule has 1 aliphatic heterocycles. The molecule has 7 heteroatoms. The average molecular weight is 411 g/mol. The molecule has 0 amide bonds. The van der Waals surface area contributed by atoms with Gasteiger partial charge in [-0.15, -0.1) is 0 Å². The Labute approximate surface area is 150 Å². The van der Waals surface area contributed by atoms with E-state index in [1.807, 2.05) is 25.1 Å². The molecular formula is C17H19BrN2O3S. The molecule has 3 rings (SSSR count). The number of halogens is 1. The van der Waals surface area contributed by atoms with E-state index in [1.54, 1.807) is 24.3 Å². The Morgan fingerprint density at radius 3 is 2.50 bits per heavy atom. The second kappa shape index (κ2) is 7.13. The van der Waals surface area contributed by atoms with E-state index in [4.69, 9.17) is 4.74 Å². The van der Waals surface area contributed by atoms with Crippen LogP contribution in [0.4, 0.5) is 11.4 Å². The molecule has 0 aliphatic carbocycles. The molecule has 0 bridgehead atoms. The summed E-state index contributed by atoms with van der Waals surface area (Å²) in [7, 11) is -3.63. The summed E-state index contributed by atoms with van der Waals surface area (Å²) in [6.45, 7) is 5.04. The number of anilines is 2. The Kier molecular flexibility index (Phi) is 5.12. The van der Waals surface area contributed by atoms with Crippen molar-refractivity contribution in [3.05, 3.63) is 52.5 Å². The Bertz CT molecular complexity index is 833. The Morgan fingerprint density at radius 1 is 1.12 bits per heavy atom. The summed E-state index contributed by atoms with van der Waals surface area (Å²) in [6.07, 6.45) is 0. The zero-order valence-electron chi connectivity index (χ0n) is 13.3. The fourth-order valence-corrected chi connectivity index (χ4v) is 4.78. The van der Waals surface area contributed by atoms with Crippen LogP contribution in [0.5, 0.6) is 0 Å². The van der Waals surface area contributed by atoms with Gasteiger partial charge in [-0.3, -0.25) is 4.72 Å². The molecule has 1 saturated heterocycles. The molecule has 1 fully saturated rings. The fraction of sp³-hybridized carbons (Fsp3) is 0.294. The lowest BCUT2D eigenvalue weighted by molar-refractivity contribution is 0.122. The van der Waals surface area contributed by atoms with Crippen molar-refractivity contribution in [2.75, 3.05) is 35.9 Å². The van der Waals surface area contributed by atoms with Gasteiger partial charge >= 0.3 is 0 Å². The van der Waals surface area contributed by atoms with Gasteiger partial charge < -0.3 is 9.64 Å². The van der Waals surface area contributed by atoms with Gasteiger partial charge in [0.1, 0.15) is 4.90 Å². The fourth-order valence-electron chi connectivity index (χ4n) is 2.64. The Hall–Kier alpha value is -1.57. The molecule has 128 valence electrons. The van der Waals surface area contributed by atoms with Crippen molar-refractivity contribution < 1.29 is 13.2 Å². The zero-order valence-corrected chi connectivity index (χ0v) is 15.7. The Balaban J connectivity index is 1.84. The molecular weight excluding hydrogens is 392 g/mol. The summed E-state index contributed by atoms with van der Waals surface area (Å²) in [4.78, 5) is 2.46. The van der Waals surface area contributed by atoms with Crippen LogP contribution >= 0.6 is 15.9 Å². The van der Waals surface area contributed by atoms with Crippen molar-refractivity contribution in [3.63, 3.8) is 0 Å². The number of rotatable bonds is 4.